The van der Waals surface area contributed by atoms with E-state index in [1.54, 1.807) is 37.4 Å². The number of carbonyl (C=O) groups excluding carboxylic acids is 2. The molecule has 0 aliphatic carbocycles. The van der Waals surface area contributed by atoms with Gasteiger partial charge in [0, 0.05) is 18.3 Å². The minimum absolute atomic E-state index is 0.321. The fraction of sp³-hybridized carbons (Fsp3) is 0.174. The molecule has 5 nitrogen and oxygen atoms in total. The van der Waals surface area contributed by atoms with Gasteiger partial charge in [-0.3, -0.25) is 14.6 Å². The van der Waals surface area contributed by atoms with Crippen LogP contribution in [0.15, 0.2) is 79.0 Å². The molecule has 1 aromatic heterocycles. The topological polar surface area (TPSA) is 71.1 Å². The highest BCUT2D eigenvalue weighted by molar-refractivity contribution is 5.99. The smallest absolute Gasteiger partial charge is 0.252 e. The second-order valence-corrected chi connectivity index (χ2v) is 6.83. The SMILES string of the molecule is Cc1ccnc(C(C)(NC(=O)c2ccccc2)C(=O)NCc2ccccc2)c1. The molecule has 28 heavy (non-hydrogen) atoms. The van der Waals surface area contributed by atoms with Gasteiger partial charge in [-0.2, -0.15) is 0 Å². The van der Waals surface area contributed by atoms with E-state index in [2.05, 4.69) is 15.6 Å². The molecular formula is C23H23N3O2. The molecule has 0 saturated carbocycles. The lowest BCUT2D eigenvalue weighted by atomic mass is 9.93. The van der Waals surface area contributed by atoms with Crippen LogP contribution in [0.25, 0.3) is 0 Å². The van der Waals surface area contributed by atoms with Crippen LogP contribution in [0.1, 0.15) is 34.1 Å². The van der Waals surface area contributed by atoms with Gasteiger partial charge in [-0.15, -0.1) is 0 Å². The molecule has 0 radical (unpaired) electrons. The Hall–Kier alpha value is -3.47. The molecule has 1 heterocycles. The fourth-order valence-corrected chi connectivity index (χ4v) is 2.89. The molecule has 0 bridgehead atoms. The van der Waals surface area contributed by atoms with E-state index in [0.29, 0.717) is 17.8 Å². The van der Waals surface area contributed by atoms with Crippen LogP contribution in [0.3, 0.4) is 0 Å². The van der Waals surface area contributed by atoms with Gasteiger partial charge < -0.3 is 10.6 Å². The molecule has 0 aliphatic heterocycles. The van der Waals surface area contributed by atoms with E-state index in [4.69, 9.17) is 0 Å². The second kappa shape index (κ2) is 8.48. The molecule has 2 N–H and O–H groups in total. The first-order chi connectivity index (χ1) is 13.5. The van der Waals surface area contributed by atoms with Crippen LogP contribution in [0.4, 0.5) is 0 Å². The summed E-state index contributed by atoms with van der Waals surface area (Å²) in [7, 11) is 0. The third-order valence-corrected chi connectivity index (χ3v) is 4.58. The Kier molecular flexibility index (Phi) is 5.84. The third kappa shape index (κ3) is 4.43. The minimum Gasteiger partial charge on any atom is -0.350 e. The summed E-state index contributed by atoms with van der Waals surface area (Å²) in [5, 5.41) is 5.80. The number of nitrogens with one attached hydrogen (secondary N) is 2. The number of benzene rings is 2. The number of pyridine rings is 1. The van der Waals surface area contributed by atoms with E-state index in [1.165, 1.54) is 0 Å². The van der Waals surface area contributed by atoms with Crippen LogP contribution >= 0.6 is 0 Å². The number of rotatable bonds is 6. The van der Waals surface area contributed by atoms with Crippen molar-refractivity contribution in [2.45, 2.75) is 25.9 Å². The van der Waals surface area contributed by atoms with Gasteiger partial charge in [-0.25, -0.2) is 0 Å². The monoisotopic (exact) mass is 373 g/mol. The standard InChI is InChI=1S/C23H23N3O2/c1-17-13-14-24-20(15-17)23(2,26-21(27)19-11-7-4-8-12-19)22(28)25-16-18-9-5-3-6-10-18/h3-15H,16H2,1-2H3,(H,25,28)(H,26,27). The lowest BCUT2D eigenvalue weighted by molar-refractivity contribution is -0.127. The van der Waals surface area contributed by atoms with Gasteiger partial charge in [-0.1, -0.05) is 48.5 Å². The lowest BCUT2D eigenvalue weighted by Gasteiger charge is -2.29. The van der Waals surface area contributed by atoms with Gasteiger partial charge in [0.25, 0.3) is 11.8 Å². The Morgan fingerprint density at radius 1 is 0.964 bits per heavy atom. The number of hydrogen-bond acceptors (Lipinski definition) is 3. The van der Waals surface area contributed by atoms with Crippen LogP contribution in [0.5, 0.6) is 0 Å². The quantitative estimate of drug-likeness (QED) is 0.696. The Labute approximate surface area is 164 Å². The van der Waals surface area contributed by atoms with Gasteiger partial charge in [0.2, 0.25) is 0 Å². The van der Waals surface area contributed by atoms with Gasteiger partial charge in [0.05, 0.1) is 5.69 Å². The van der Waals surface area contributed by atoms with Crippen molar-refractivity contribution >= 4 is 11.8 Å². The minimum atomic E-state index is -1.31. The molecule has 0 fully saturated rings. The number of hydrogen-bond donors (Lipinski definition) is 2. The normalized spacial score (nSPS) is 12.6. The van der Waals surface area contributed by atoms with Crippen LogP contribution in [0, 0.1) is 6.92 Å². The van der Waals surface area contributed by atoms with Gasteiger partial charge in [0.1, 0.15) is 0 Å². The maximum atomic E-state index is 13.2. The van der Waals surface area contributed by atoms with Gasteiger partial charge in [-0.05, 0) is 49.2 Å². The summed E-state index contributed by atoms with van der Waals surface area (Å²) in [4.78, 5) is 30.3. The van der Waals surface area contributed by atoms with Crippen LogP contribution in [-0.2, 0) is 16.9 Å². The van der Waals surface area contributed by atoms with Crippen molar-refractivity contribution in [3.05, 3.63) is 101 Å². The molecule has 0 spiro atoms. The maximum absolute atomic E-state index is 13.2. The molecule has 5 heteroatoms. The van der Waals surface area contributed by atoms with E-state index < -0.39 is 5.54 Å². The number of carbonyl (C=O) groups is 2. The van der Waals surface area contributed by atoms with Crippen LogP contribution in [0.2, 0.25) is 0 Å². The number of aryl methyl sites for hydroxylation is 1. The van der Waals surface area contributed by atoms with Gasteiger partial charge in [0.15, 0.2) is 5.54 Å². The van der Waals surface area contributed by atoms with Crippen molar-refractivity contribution in [2.75, 3.05) is 0 Å². The Balaban J connectivity index is 1.87. The zero-order valence-corrected chi connectivity index (χ0v) is 16.0. The fourth-order valence-electron chi connectivity index (χ4n) is 2.89. The van der Waals surface area contributed by atoms with Crippen molar-refractivity contribution in [3.63, 3.8) is 0 Å². The van der Waals surface area contributed by atoms with Crippen molar-refractivity contribution < 1.29 is 9.59 Å². The highest BCUT2D eigenvalue weighted by Gasteiger charge is 2.38. The summed E-state index contributed by atoms with van der Waals surface area (Å²) in [6.45, 7) is 3.96. The zero-order valence-electron chi connectivity index (χ0n) is 16.0. The Bertz CT molecular complexity index is 958. The molecule has 0 aliphatic rings. The predicted octanol–water partition coefficient (Wildman–Crippen LogP) is 3.35. The molecule has 142 valence electrons. The molecule has 2 aromatic carbocycles. The first kappa shape index (κ1) is 19.3. The van der Waals surface area contributed by atoms with Crippen molar-refractivity contribution in [1.82, 2.24) is 15.6 Å². The molecule has 3 rings (SSSR count). The first-order valence-electron chi connectivity index (χ1n) is 9.12. The van der Waals surface area contributed by atoms with Crippen molar-refractivity contribution in [1.29, 1.82) is 0 Å². The highest BCUT2D eigenvalue weighted by Crippen LogP contribution is 2.21. The maximum Gasteiger partial charge on any atom is 0.252 e. The van der Waals surface area contributed by atoms with E-state index in [0.717, 1.165) is 11.1 Å². The average molecular weight is 373 g/mol. The van der Waals surface area contributed by atoms with E-state index >= 15 is 0 Å². The summed E-state index contributed by atoms with van der Waals surface area (Å²) in [6, 6.07) is 22.1. The molecule has 3 aromatic rings. The van der Waals surface area contributed by atoms with E-state index in [1.807, 2.05) is 55.5 Å². The average Bonchev–Trinajstić information content (AvgIpc) is 2.73. The summed E-state index contributed by atoms with van der Waals surface area (Å²) < 4.78 is 0. The first-order valence-corrected chi connectivity index (χ1v) is 9.12. The Morgan fingerprint density at radius 3 is 2.25 bits per heavy atom. The predicted molar refractivity (Wildman–Crippen MR) is 109 cm³/mol. The number of amides is 2. The largest absolute Gasteiger partial charge is 0.350 e. The third-order valence-electron chi connectivity index (χ3n) is 4.58. The zero-order chi connectivity index (χ0) is 20.0. The number of nitrogens with zero attached hydrogens (tertiary/aromatic N) is 1. The second-order valence-electron chi connectivity index (χ2n) is 6.83. The van der Waals surface area contributed by atoms with Crippen LogP contribution in [-0.4, -0.2) is 16.8 Å². The molecule has 1 atom stereocenters. The molecular weight excluding hydrogens is 350 g/mol. The van der Waals surface area contributed by atoms with E-state index in [9.17, 15) is 9.59 Å². The van der Waals surface area contributed by atoms with Crippen LogP contribution < -0.4 is 10.6 Å². The van der Waals surface area contributed by atoms with Gasteiger partial charge >= 0.3 is 0 Å². The molecule has 2 amide bonds. The van der Waals surface area contributed by atoms with Crippen molar-refractivity contribution in [2.24, 2.45) is 0 Å². The summed E-state index contributed by atoms with van der Waals surface area (Å²) in [6.07, 6.45) is 1.64. The highest BCUT2D eigenvalue weighted by atomic mass is 16.2. The molecule has 1 unspecified atom stereocenters. The lowest BCUT2D eigenvalue weighted by Crippen LogP contribution is -2.54. The molecule has 0 saturated heterocycles. The summed E-state index contributed by atoms with van der Waals surface area (Å²) in [5.41, 5.74) is 1.60. The Morgan fingerprint density at radius 2 is 1.61 bits per heavy atom. The van der Waals surface area contributed by atoms with Crippen molar-refractivity contribution in [3.8, 4) is 0 Å². The number of aromatic nitrogens is 1. The summed E-state index contributed by atoms with van der Waals surface area (Å²) in [5.74, 6) is -0.653. The summed E-state index contributed by atoms with van der Waals surface area (Å²) >= 11 is 0. The van der Waals surface area contributed by atoms with E-state index in [-0.39, 0.29) is 11.8 Å².